The van der Waals surface area contributed by atoms with Crippen molar-refractivity contribution in [3.05, 3.63) is 29.3 Å². The maximum atomic E-state index is 12.1. The molecular weight excluding hydrogens is 292 g/mol. The molecule has 0 amide bonds. The van der Waals surface area contributed by atoms with Gasteiger partial charge in [-0.1, -0.05) is 45.1 Å². The van der Waals surface area contributed by atoms with Gasteiger partial charge in [-0.15, -0.1) is 0 Å². The predicted octanol–water partition coefficient (Wildman–Crippen LogP) is 2.81. The van der Waals surface area contributed by atoms with Crippen LogP contribution < -0.4 is 10.5 Å². The summed E-state index contributed by atoms with van der Waals surface area (Å²) in [5.74, 6) is 0.0707. The number of rotatable bonds is 5. The molecule has 0 spiro atoms. The second kappa shape index (κ2) is 6.10. The second-order valence-electron chi connectivity index (χ2n) is 6.09. The van der Waals surface area contributed by atoms with Gasteiger partial charge in [-0.25, -0.2) is 8.42 Å². The number of thiocarbonyl (C=S) groups is 1. The lowest BCUT2D eigenvalue weighted by atomic mass is 9.94. The molecule has 0 aromatic heterocycles. The summed E-state index contributed by atoms with van der Waals surface area (Å²) in [4.78, 5) is 0.191. The van der Waals surface area contributed by atoms with Crippen LogP contribution in [0.5, 0.6) is 0 Å². The van der Waals surface area contributed by atoms with Gasteiger partial charge < -0.3 is 5.73 Å². The summed E-state index contributed by atoms with van der Waals surface area (Å²) >= 11 is 4.99. The quantitative estimate of drug-likeness (QED) is 0.820. The molecule has 0 aliphatic carbocycles. The first-order chi connectivity index (χ1) is 9.02. The number of hydrogen-bond acceptors (Lipinski definition) is 3. The molecule has 0 aliphatic heterocycles. The minimum Gasteiger partial charge on any atom is -0.389 e. The van der Waals surface area contributed by atoms with Crippen LogP contribution in [0.4, 0.5) is 5.69 Å². The zero-order valence-corrected chi connectivity index (χ0v) is 14.0. The molecule has 3 N–H and O–H groups in total. The molecule has 1 rings (SSSR count). The number of hydrogen-bond donors (Lipinski definition) is 2. The van der Waals surface area contributed by atoms with Crippen LogP contribution in [0, 0.1) is 12.3 Å². The first kappa shape index (κ1) is 16.9. The SMILES string of the molecule is Cc1cccc(NS(=O)(=O)CCC(C)(C)C)c1C(N)=S. The molecule has 0 saturated heterocycles. The predicted molar refractivity (Wildman–Crippen MR) is 88.5 cm³/mol. The second-order valence-corrected chi connectivity index (χ2v) is 8.38. The number of anilines is 1. The van der Waals surface area contributed by atoms with Crippen LogP contribution in [0.15, 0.2) is 18.2 Å². The summed E-state index contributed by atoms with van der Waals surface area (Å²) in [6, 6.07) is 5.30. The van der Waals surface area contributed by atoms with E-state index >= 15 is 0 Å². The summed E-state index contributed by atoms with van der Waals surface area (Å²) in [6.45, 7) is 7.88. The van der Waals surface area contributed by atoms with Gasteiger partial charge in [0.15, 0.2) is 0 Å². The van der Waals surface area contributed by atoms with Crippen molar-refractivity contribution in [3.8, 4) is 0 Å². The van der Waals surface area contributed by atoms with Crippen LogP contribution in [0.2, 0.25) is 0 Å². The highest BCUT2D eigenvalue weighted by Crippen LogP contribution is 2.23. The largest absolute Gasteiger partial charge is 0.389 e. The zero-order valence-electron chi connectivity index (χ0n) is 12.4. The first-order valence-corrected chi connectivity index (χ1v) is 8.48. The highest BCUT2D eigenvalue weighted by Gasteiger charge is 2.19. The highest BCUT2D eigenvalue weighted by molar-refractivity contribution is 7.92. The number of nitrogens with one attached hydrogen (secondary N) is 1. The molecule has 0 aliphatic rings. The van der Waals surface area contributed by atoms with E-state index < -0.39 is 10.0 Å². The van der Waals surface area contributed by atoms with Crippen molar-refractivity contribution in [2.45, 2.75) is 34.1 Å². The van der Waals surface area contributed by atoms with Gasteiger partial charge in [0, 0.05) is 5.56 Å². The Morgan fingerprint density at radius 1 is 1.35 bits per heavy atom. The smallest absolute Gasteiger partial charge is 0.232 e. The molecule has 0 unspecified atom stereocenters. The van der Waals surface area contributed by atoms with Crippen LogP contribution >= 0.6 is 12.2 Å². The first-order valence-electron chi connectivity index (χ1n) is 6.42. The number of aryl methyl sites for hydroxylation is 1. The Labute approximate surface area is 126 Å². The summed E-state index contributed by atoms with van der Waals surface area (Å²) < 4.78 is 26.9. The molecule has 112 valence electrons. The lowest BCUT2D eigenvalue weighted by Gasteiger charge is -2.19. The van der Waals surface area contributed by atoms with Gasteiger partial charge in [0.2, 0.25) is 10.0 Å². The van der Waals surface area contributed by atoms with Crippen molar-refractivity contribution >= 4 is 32.9 Å². The van der Waals surface area contributed by atoms with Gasteiger partial charge in [0.05, 0.1) is 11.4 Å². The summed E-state index contributed by atoms with van der Waals surface area (Å²) in [6.07, 6.45) is 0.580. The Hall–Kier alpha value is -1.14. The fraction of sp³-hybridized carbons (Fsp3) is 0.500. The number of nitrogens with two attached hydrogens (primary N) is 1. The molecule has 0 atom stereocenters. The van der Waals surface area contributed by atoms with E-state index in [0.29, 0.717) is 17.7 Å². The van der Waals surface area contributed by atoms with Crippen LogP contribution in [0.1, 0.15) is 38.3 Å². The average molecular weight is 314 g/mol. The molecule has 0 radical (unpaired) electrons. The minimum absolute atomic E-state index is 0.0344. The molecule has 1 aromatic rings. The molecule has 0 saturated carbocycles. The van der Waals surface area contributed by atoms with Crippen LogP contribution in [0.25, 0.3) is 0 Å². The average Bonchev–Trinajstić information content (AvgIpc) is 2.24. The van der Waals surface area contributed by atoms with E-state index in [2.05, 4.69) is 4.72 Å². The van der Waals surface area contributed by atoms with E-state index in [1.807, 2.05) is 33.8 Å². The van der Waals surface area contributed by atoms with Crippen molar-refractivity contribution < 1.29 is 8.42 Å². The van der Waals surface area contributed by atoms with E-state index in [-0.39, 0.29) is 16.2 Å². The maximum absolute atomic E-state index is 12.1. The molecule has 4 nitrogen and oxygen atoms in total. The van der Waals surface area contributed by atoms with Crippen molar-refractivity contribution in [3.63, 3.8) is 0 Å². The third kappa shape index (κ3) is 5.09. The van der Waals surface area contributed by atoms with E-state index in [9.17, 15) is 8.42 Å². The van der Waals surface area contributed by atoms with Gasteiger partial charge in [-0.3, -0.25) is 4.72 Å². The standard InChI is InChI=1S/C14H22N2O2S2/c1-10-6-5-7-11(12(10)13(15)19)16-20(17,18)9-8-14(2,3)4/h5-7,16H,8-9H2,1-4H3,(H2,15,19). The van der Waals surface area contributed by atoms with E-state index in [0.717, 1.165) is 5.56 Å². The molecule has 0 heterocycles. The molecule has 20 heavy (non-hydrogen) atoms. The lowest BCUT2D eigenvalue weighted by Crippen LogP contribution is -2.23. The summed E-state index contributed by atoms with van der Waals surface area (Å²) in [5.41, 5.74) is 7.53. The Balaban J connectivity index is 2.99. The number of sulfonamides is 1. The Morgan fingerprint density at radius 3 is 2.45 bits per heavy atom. The minimum atomic E-state index is -3.41. The maximum Gasteiger partial charge on any atom is 0.232 e. The topological polar surface area (TPSA) is 72.2 Å². The normalized spacial score (nSPS) is 12.2. The number of benzene rings is 1. The van der Waals surface area contributed by atoms with Crippen LogP contribution in [-0.2, 0) is 10.0 Å². The summed E-state index contributed by atoms with van der Waals surface area (Å²) in [7, 11) is -3.41. The monoisotopic (exact) mass is 314 g/mol. The van der Waals surface area contributed by atoms with Gasteiger partial charge in [-0.2, -0.15) is 0 Å². The highest BCUT2D eigenvalue weighted by atomic mass is 32.2. The van der Waals surface area contributed by atoms with Crippen LogP contribution in [0.3, 0.4) is 0 Å². The lowest BCUT2D eigenvalue weighted by molar-refractivity contribution is 0.397. The molecule has 0 fully saturated rings. The molecule has 0 bridgehead atoms. The van der Waals surface area contributed by atoms with Gasteiger partial charge >= 0.3 is 0 Å². The van der Waals surface area contributed by atoms with Gasteiger partial charge in [0.1, 0.15) is 4.99 Å². The van der Waals surface area contributed by atoms with Crippen molar-refractivity contribution in [1.82, 2.24) is 0 Å². The van der Waals surface area contributed by atoms with Gasteiger partial charge in [0.25, 0.3) is 0 Å². The molecule has 6 heteroatoms. The van der Waals surface area contributed by atoms with Crippen molar-refractivity contribution in [2.75, 3.05) is 10.5 Å². The molecular formula is C14H22N2O2S2. The Morgan fingerprint density at radius 2 is 1.95 bits per heavy atom. The summed E-state index contributed by atoms with van der Waals surface area (Å²) in [5, 5.41) is 0. The third-order valence-corrected chi connectivity index (χ3v) is 4.38. The molecule has 1 aromatic carbocycles. The zero-order chi connectivity index (χ0) is 15.6. The third-order valence-electron chi connectivity index (χ3n) is 2.91. The Kier molecular flexibility index (Phi) is 5.15. The Bertz CT molecular complexity index is 602. The van der Waals surface area contributed by atoms with E-state index in [4.69, 9.17) is 18.0 Å². The van der Waals surface area contributed by atoms with Crippen molar-refractivity contribution in [1.29, 1.82) is 0 Å². The van der Waals surface area contributed by atoms with Gasteiger partial charge in [-0.05, 0) is 30.4 Å². The van der Waals surface area contributed by atoms with E-state index in [1.54, 1.807) is 12.1 Å². The van der Waals surface area contributed by atoms with Crippen molar-refractivity contribution in [2.24, 2.45) is 11.1 Å². The van der Waals surface area contributed by atoms with Crippen LogP contribution in [-0.4, -0.2) is 19.2 Å². The fourth-order valence-corrected chi connectivity index (χ4v) is 3.50. The van der Waals surface area contributed by atoms with E-state index in [1.165, 1.54) is 0 Å². The fourth-order valence-electron chi connectivity index (χ4n) is 1.74.